The number of amides is 2. The first-order valence-corrected chi connectivity index (χ1v) is 10.4. The quantitative estimate of drug-likeness (QED) is 0.391. The van der Waals surface area contributed by atoms with Gasteiger partial charge in [-0.1, -0.05) is 83.3 Å². The number of benzene rings is 1. The van der Waals surface area contributed by atoms with E-state index in [4.69, 9.17) is 0 Å². The molecule has 0 fully saturated rings. The summed E-state index contributed by atoms with van der Waals surface area (Å²) in [5, 5.41) is 5.03. The SMILES string of the molecule is CCCCCCCCCCCCCC(=O)NCC(=O)Nc1ccccc1F. The number of unbranched alkanes of at least 4 members (excludes halogenated alkanes) is 10. The fourth-order valence-corrected chi connectivity index (χ4v) is 2.97. The molecule has 1 rings (SSSR count). The molecular weight excluding hydrogens is 343 g/mol. The molecule has 4 nitrogen and oxygen atoms in total. The molecule has 152 valence electrons. The second-order valence-electron chi connectivity index (χ2n) is 7.09. The number of carbonyl (C=O) groups is 2. The molecule has 1 aromatic carbocycles. The van der Waals surface area contributed by atoms with Crippen LogP contribution < -0.4 is 10.6 Å². The molecule has 27 heavy (non-hydrogen) atoms. The second kappa shape index (κ2) is 15.2. The minimum absolute atomic E-state index is 0.127. The average molecular weight is 379 g/mol. The van der Waals surface area contributed by atoms with E-state index in [-0.39, 0.29) is 18.1 Å². The van der Waals surface area contributed by atoms with Gasteiger partial charge in [0.25, 0.3) is 0 Å². The lowest BCUT2D eigenvalue weighted by Gasteiger charge is -2.07. The smallest absolute Gasteiger partial charge is 0.243 e. The van der Waals surface area contributed by atoms with E-state index in [0.717, 1.165) is 19.3 Å². The molecule has 1 aromatic rings. The van der Waals surface area contributed by atoms with Crippen LogP contribution in [0.1, 0.15) is 84.0 Å². The van der Waals surface area contributed by atoms with Crippen molar-refractivity contribution in [2.24, 2.45) is 0 Å². The summed E-state index contributed by atoms with van der Waals surface area (Å²) in [6.07, 6.45) is 14.1. The van der Waals surface area contributed by atoms with Gasteiger partial charge in [-0.3, -0.25) is 9.59 Å². The lowest BCUT2D eigenvalue weighted by Crippen LogP contribution is -2.32. The third-order valence-corrected chi connectivity index (χ3v) is 4.60. The van der Waals surface area contributed by atoms with Gasteiger partial charge in [0.1, 0.15) is 5.82 Å². The van der Waals surface area contributed by atoms with Crippen molar-refractivity contribution in [2.45, 2.75) is 84.0 Å². The van der Waals surface area contributed by atoms with Crippen LogP contribution >= 0.6 is 0 Å². The van der Waals surface area contributed by atoms with Gasteiger partial charge in [-0.25, -0.2) is 4.39 Å². The average Bonchev–Trinajstić information content (AvgIpc) is 2.66. The Hall–Kier alpha value is -1.91. The van der Waals surface area contributed by atoms with Gasteiger partial charge in [0.05, 0.1) is 12.2 Å². The monoisotopic (exact) mass is 378 g/mol. The van der Waals surface area contributed by atoms with Crippen molar-refractivity contribution in [3.05, 3.63) is 30.1 Å². The number of anilines is 1. The fraction of sp³-hybridized carbons (Fsp3) is 0.636. The van der Waals surface area contributed by atoms with Gasteiger partial charge in [-0.2, -0.15) is 0 Å². The Kier molecular flexibility index (Phi) is 13.0. The Morgan fingerprint density at radius 2 is 1.37 bits per heavy atom. The molecule has 0 radical (unpaired) electrons. The fourth-order valence-electron chi connectivity index (χ4n) is 2.97. The van der Waals surface area contributed by atoms with Gasteiger partial charge < -0.3 is 10.6 Å². The zero-order valence-corrected chi connectivity index (χ0v) is 16.7. The molecule has 0 bridgehead atoms. The Balaban J connectivity index is 1.95. The Bertz CT molecular complexity index is 549. The number of rotatable bonds is 15. The van der Waals surface area contributed by atoms with Gasteiger partial charge in [0.15, 0.2) is 0 Å². The molecule has 0 atom stereocenters. The molecule has 5 heteroatoms. The maximum atomic E-state index is 13.4. The van der Waals surface area contributed by atoms with E-state index in [9.17, 15) is 14.0 Å². The Labute approximate surface area is 163 Å². The van der Waals surface area contributed by atoms with E-state index < -0.39 is 11.7 Å². The van der Waals surface area contributed by atoms with Crippen molar-refractivity contribution in [1.82, 2.24) is 5.32 Å². The van der Waals surface area contributed by atoms with Crippen molar-refractivity contribution in [3.63, 3.8) is 0 Å². The molecular formula is C22H35FN2O2. The highest BCUT2D eigenvalue weighted by atomic mass is 19.1. The predicted molar refractivity (Wildman–Crippen MR) is 109 cm³/mol. The molecule has 0 aliphatic carbocycles. The Morgan fingerprint density at radius 3 is 1.96 bits per heavy atom. The van der Waals surface area contributed by atoms with Crippen LogP contribution in [0.4, 0.5) is 10.1 Å². The zero-order valence-electron chi connectivity index (χ0n) is 16.7. The summed E-state index contributed by atoms with van der Waals surface area (Å²) in [5.74, 6) is -1.04. The van der Waals surface area contributed by atoms with Gasteiger partial charge in [-0.05, 0) is 18.6 Å². The molecule has 0 spiro atoms. The molecule has 0 saturated heterocycles. The number of hydrogen-bond donors (Lipinski definition) is 2. The number of para-hydroxylation sites is 1. The lowest BCUT2D eigenvalue weighted by atomic mass is 10.1. The molecule has 0 unspecified atom stereocenters. The van der Waals surface area contributed by atoms with E-state index in [2.05, 4.69) is 17.6 Å². The third-order valence-electron chi connectivity index (χ3n) is 4.60. The summed E-state index contributed by atoms with van der Waals surface area (Å²) in [4.78, 5) is 23.5. The normalized spacial score (nSPS) is 10.6. The van der Waals surface area contributed by atoms with Crippen molar-refractivity contribution in [3.8, 4) is 0 Å². The summed E-state index contributed by atoms with van der Waals surface area (Å²) in [7, 11) is 0. The maximum absolute atomic E-state index is 13.4. The number of carbonyl (C=O) groups excluding carboxylic acids is 2. The summed E-state index contributed by atoms with van der Waals surface area (Å²) >= 11 is 0. The molecule has 0 aliphatic rings. The van der Waals surface area contributed by atoms with Crippen LogP contribution in [0.2, 0.25) is 0 Å². The van der Waals surface area contributed by atoms with Gasteiger partial charge in [-0.15, -0.1) is 0 Å². The maximum Gasteiger partial charge on any atom is 0.243 e. The first-order chi connectivity index (χ1) is 13.1. The first kappa shape index (κ1) is 23.1. The standard InChI is InChI=1S/C22H35FN2O2/c1-2-3-4-5-6-7-8-9-10-11-12-17-21(26)24-18-22(27)25-20-16-14-13-15-19(20)23/h13-16H,2-12,17-18H2,1H3,(H,24,26)(H,25,27). The second-order valence-corrected chi connectivity index (χ2v) is 7.09. The van der Waals surface area contributed by atoms with Crippen LogP contribution in [0.3, 0.4) is 0 Å². The minimum Gasteiger partial charge on any atom is -0.347 e. The number of halogens is 1. The van der Waals surface area contributed by atoms with Crippen molar-refractivity contribution < 1.29 is 14.0 Å². The molecule has 0 aromatic heterocycles. The summed E-state index contributed by atoms with van der Waals surface area (Å²) in [6, 6.07) is 5.96. The van der Waals surface area contributed by atoms with Crippen LogP contribution in [-0.2, 0) is 9.59 Å². The van der Waals surface area contributed by atoms with Crippen LogP contribution in [-0.4, -0.2) is 18.4 Å². The summed E-state index contributed by atoms with van der Waals surface area (Å²) in [5.41, 5.74) is 0.127. The highest BCUT2D eigenvalue weighted by molar-refractivity contribution is 5.94. The van der Waals surface area contributed by atoms with Crippen LogP contribution in [0.5, 0.6) is 0 Å². The van der Waals surface area contributed by atoms with Crippen LogP contribution in [0.25, 0.3) is 0 Å². The van der Waals surface area contributed by atoms with E-state index in [1.807, 2.05) is 0 Å². The zero-order chi connectivity index (χ0) is 19.7. The van der Waals surface area contributed by atoms with Crippen molar-refractivity contribution >= 4 is 17.5 Å². The minimum atomic E-state index is -0.488. The predicted octanol–water partition coefficient (Wildman–Crippen LogP) is 5.58. The van der Waals surface area contributed by atoms with Gasteiger partial charge >= 0.3 is 0 Å². The third kappa shape index (κ3) is 12.2. The molecule has 0 heterocycles. The number of nitrogens with one attached hydrogen (secondary N) is 2. The van der Waals surface area contributed by atoms with E-state index in [0.29, 0.717) is 6.42 Å². The molecule has 0 aliphatic heterocycles. The molecule has 2 N–H and O–H groups in total. The van der Waals surface area contributed by atoms with E-state index in [1.54, 1.807) is 12.1 Å². The highest BCUT2D eigenvalue weighted by Gasteiger charge is 2.08. The molecule has 0 saturated carbocycles. The van der Waals surface area contributed by atoms with Crippen LogP contribution in [0, 0.1) is 5.82 Å². The van der Waals surface area contributed by atoms with Crippen LogP contribution in [0.15, 0.2) is 24.3 Å². The topological polar surface area (TPSA) is 58.2 Å². The lowest BCUT2D eigenvalue weighted by molar-refractivity contribution is -0.124. The molecule has 2 amide bonds. The number of hydrogen-bond acceptors (Lipinski definition) is 2. The largest absolute Gasteiger partial charge is 0.347 e. The van der Waals surface area contributed by atoms with Crippen molar-refractivity contribution in [1.29, 1.82) is 0 Å². The van der Waals surface area contributed by atoms with Gasteiger partial charge in [0.2, 0.25) is 11.8 Å². The summed E-state index contributed by atoms with van der Waals surface area (Å²) < 4.78 is 13.4. The van der Waals surface area contributed by atoms with E-state index >= 15 is 0 Å². The summed E-state index contributed by atoms with van der Waals surface area (Å²) in [6.45, 7) is 2.10. The van der Waals surface area contributed by atoms with E-state index in [1.165, 1.54) is 63.5 Å². The van der Waals surface area contributed by atoms with Gasteiger partial charge in [0, 0.05) is 6.42 Å². The highest BCUT2D eigenvalue weighted by Crippen LogP contribution is 2.13. The Morgan fingerprint density at radius 1 is 0.815 bits per heavy atom. The first-order valence-electron chi connectivity index (χ1n) is 10.4. The van der Waals surface area contributed by atoms with Crippen molar-refractivity contribution in [2.75, 3.05) is 11.9 Å².